The largest absolute Gasteiger partial charge is 0.471 e. The highest BCUT2D eigenvalue weighted by Gasteiger charge is 2.38. The fourth-order valence-corrected chi connectivity index (χ4v) is 2.52. The van der Waals surface area contributed by atoms with Gasteiger partial charge in [-0.2, -0.15) is 18.3 Å². The second-order valence-corrected chi connectivity index (χ2v) is 6.11. The van der Waals surface area contributed by atoms with Crippen LogP contribution in [0.15, 0.2) is 65.5 Å². The Balaban J connectivity index is 1.96. The molecule has 6 nitrogen and oxygen atoms in total. The summed E-state index contributed by atoms with van der Waals surface area (Å²) in [6, 6.07) is 16.4. The molecule has 3 rings (SSSR count). The lowest BCUT2D eigenvalue weighted by Crippen LogP contribution is -2.36. The van der Waals surface area contributed by atoms with Crippen LogP contribution in [0, 0.1) is 0 Å². The van der Waals surface area contributed by atoms with Gasteiger partial charge in [0, 0.05) is 25.2 Å². The molecule has 0 spiro atoms. The maximum absolute atomic E-state index is 12.4. The topological polar surface area (TPSA) is 73.2 Å². The van der Waals surface area contributed by atoms with Crippen molar-refractivity contribution in [2.75, 3.05) is 0 Å². The lowest BCUT2D eigenvalue weighted by Gasteiger charge is -2.14. The van der Waals surface area contributed by atoms with Crippen LogP contribution in [0.1, 0.15) is 5.56 Å². The van der Waals surface area contributed by atoms with Crippen molar-refractivity contribution in [3.8, 4) is 22.8 Å². The van der Waals surface area contributed by atoms with Crippen LogP contribution in [-0.2, 0) is 18.4 Å². The summed E-state index contributed by atoms with van der Waals surface area (Å²) in [7, 11) is 1.48. The Morgan fingerprint density at radius 3 is 2.48 bits per heavy atom. The van der Waals surface area contributed by atoms with Gasteiger partial charge in [-0.15, -0.1) is 0 Å². The van der Waals surface area contributed by atoms with E-state index in [4.69, 9.17) is 4.74 Å². The minimum Gasteiger partial charge on any atom is -0.457 e. The van der Waals surface area contributed by atoms with E-state index in [-0.39, 0.29) is 12.1 Å². The summed E-state index contributed by atoms with van der Waals surface area (Å²) < 4.78 is 44.2. The third kappa shape index (κ3) is 5.01. The predicted octanol–water partition coefficient (Wildman–Crippen LogP) is 3.42. The fourth-order valence-electron chi connectivity index (χ4n) is 2.52. The number of aromatic nitrogens is 2. The summed E-state index contributed by atoms with van der Waals surface area (Å²) in [5.41, 5.74) is 0.951. The van der Waals surface area contributed by atoms with Crippen LogP contribution in [0.2, 0.25) is 0 Å². The Hall–Kier alpha value is -3.62. The van der Waals surface area contributed by atoms with Gasteiger partial charge in [0.2, 0.25) is 0 Å². The molecular formula is C20H16F3N3O3. The monoisotopic (exact) mass is 403 g/mol. The van der Waals surface area contributed by atoms with Crippen LogP contribution in [0.4, 0.5) is 13.2 Å². The average molecular weight is 403 g/mol. The molecule has 0 radical (unpaired) electrons. The van der Waals surface area contributed by atoms with E-state index in [1.165, 1.54) is 19.2 Å². The van der Waals surface area contributed by atoms with Crippen molar-refractivity contribution in [3.63, 3.8) is 0 Å². The van der Waals surface area contributed by atoms with Crippen LogP contribution >= 0.6 is 0 Å². The molecule has 0 atom stereocenters. The molecule has 0 saturated heterocycles. The first-order valence-electron chi connectivity index (χ1n) is 8.49. The Morgan fingerprint density at radius 2 is 1.83 bits per heavy atom. The number of nitrogens with one attached hydrogen (secondary N) is 1. The van der Waals surface area contributed by atoms with Gasteiger partial charge in [0.1, 0.15) is 11.5 Å². The van der Waals surface area contributed by atoms with E-state index in [0.717, 1.165) is 4.68 Å². The number of alkyl halides is 3. The first kappa shape index (κ1) is 20.1. The summed E-state index contributed by atoms with van der Waals surface area (Å²) in [6.07, 6.45) is -4.96. The van der Waals surface area contributed by atoms with Gasteiger partial charge in [-0.1, -0.05) is 24.3 Å². The van der Waals surface area contributed by atoms with Crippen molar-refractivity contribution < 1.29 is 22.7 Å². The van der Waals surface area contributed by atoms with Crippen molar-refractivity contribution in [2.45, 2.75) is 12.7 Å². The molecule has 0 aliphatic heterocycles. The van der Waals surface area contributed by atoms with Crippen molar-refractivity contribution in [3.05, 3.63) is 76.6 Å². The number of amides is 1. The van der Waals surface area contributed by atoms with Gasteiger partial charge in [-0.05, 0) is 35.9 Å². The summed E-state index contributed by atoms with van der Waals surface area (Å²) in [6.45, 7) is -0.331. The Labute approximate surface area is 163 Å². The number of rotatable bonds is 5. The highest BCUT2D eigenvalue weighted by Crippen LogP contribution is 2.33. The quantitative estimate of drug-likeness (QED) is 0.709. The van der Waals surface area contributed by atoms with Crippen LogP contribution in [0.5, 0.6) is 11.5 Å². The molecular weight excluding hydrogens is 387 g/mol. The van der Waals surface area contributed by atoms with E-state index in [2.05, 4.69) is 5.10 Å². The number of para-hydroxylation sites is 1. The van der Waals surface area contributed by atoms with Crippen molar-refractivity contribution >= 4 is 5.91 Å². The molecule has 3 aromatic rings. The Morgan fingerprint density at radius 1 is 1.10 bits per heavy atom. The van der Waals surface area contributed by atoms with Gasteiger partial charge < -0.3 is 10.1 Å². The molecule has 0 aliphatic carbocycles. The van der Waals surface area contributed by atoms with Crippen LogP contribution in [-0.4, -0.2) is 21.9 Å². The molecule has 0 saturated carbocycles. The molecule has 150 valence electrons. The third-order valence-corrected chi connectivity index (χ3v) is 3.96. The SMILES string of the molecule is Cn1nc(-c2cc(CNC(=O)C(F)(F)F)ccc2Oc2ccccc2)ccc1=O. The molecule has 1 heterocycles. The number of ether oxygens (including phenoxy) is 1. The molecule has 1 N–H and O–H groups in total. The predicted molar refractivity (Wildman–Crippen MR) is 99.3 cm³/mol. The van der Waals surface area contributed by atoms with Gasteiger partial charge in [0.15, 0.2) is 0 Å². The Kier molecular flexibility index (Phi) is 5.67. The molecule has 0 unspecified atom stereocenters. The minimum absolute atomic E-state index is 0.312. The van der Waals surface area contributed by atoms with Gasteiger partial charge in [0.25, 0.3) is 5.56 Å². The maximum Gasteiger partial charge on any atom is 0.471 e. The minimum atomic E-state index is -4.96. The fraction of sp³-hybridized carbons (Fsp3) is 0.150. The van der Waals surface area contributed by atoms with E-state index < -0.39 is 12.1 Å². The molecule has 2 aromatic carbocycles. The van der Waals surface area contributed by atoms with Gasteiger partial charge in [-0.3, -0.25) is 9.59 Å². The maximum atomic E-state index is 12.4. The smallest absolute Gasteiger partial charge is 0.457 e. The molecule has 0 bridgehead atoms. The Bertz CT molecular complexity index is 1080. The number of nitrogens with zero attached hydrogens (tertiary/aromatic N) is 2. The van der Waals surface area contributed by atoms with Crippen molar-refractivity contribution in [2.24, 2.45) is 7.05 Å². The highest BCUT2D eigenvalue weighted by molar-refractivity contribution is 5.81. The second-order valence-electron chi connectivity index (χ2n) is 6.11. The highest BCUT2D eigenvalue weighted by atomic mass is 19.4. The zero-order valence-electron chi connectivity index (χ0n) is 15.2. The van der Waals surface area contributed by atoms with Crippen LogP contribution in [0.25, 0.3) is 11.3 Å². The molecule has 1 amide bonds. The number of benzene rings is 2. The lowest BCUT2D eigenvalue weighted by molar-refractivity contribution is -0.173. The molecule has 29 heavy (non-hydrogen) atoms. The van der Waals surface area contributed by atoms with Crippen LogP contribution in [0.3, 0.4) is 0 Å². The molecule has 0 aliphatic rings. The van der Waals surface area contributed by atoms with E-state index in [0.29, 0.717) is 28.3 Å². The number of hydrogen-bond donors (Lipinski definition) is 1. The zero-order chi connectivity index (χ0) is 21.0. The number of halogens is 3. The molecule has 9 heteroatoms. The lowest BCUT2D eigenvalue weighted by atomic mass is 10.1. The van der Waals surface area contributed by atoms with E-state index in [9.17, 15) is 22.8 Å². The summed E-state index contributed by atoms with van der Waals surface area (Å²) >= 11 is 0. The molecule has 0 fully saturated rings. The summed E-state index contributed by atoms with van der Waals surface area (Å²) in [5, 5.41) is 6.00. The first-order chi connectivity index (χ1) is 13.7. The van der Waals surface area contributed by atoms with Gasteiger partial charge in [-0.25, -0.2) is 4.68 Å². The van der Waals surface area contributed by atoms with Gasteiger partial charge in [0.05, 0.1) is 5.69 Å². The normalized spacial score (nSPS) is 11.2. The average Bonchev–Trinajstić information content (AvgIpc) is 2.69. The molecule has 1 aromatic heterocycles. The van der Waals surface area contributed by atoms with E-state index in [1.807, 2.05) is 11.4 Å². The standard InChI is InChI=1S/C20H16F3N3O3/c1-26-18(27)10-8-16(25-26)15-11-13(12-24-19(28)20(21,22)23)7-9-17(15)29-14-5-3-2-4-6-14/h2-11H,12H2,1H3,(H,24,28). The number of carbonyl (C=O) groups is 1. The van der Waals surface area contributed by atoms with Crippen LogP contribution < -0.4 is 15.6 Å². The first-order valence-corrected chi connectivity index (χ1v) is 8.49. The van der Waals surface area contributed by atoms with Gasteiger partial charge >= 0.3 is 12.1 Å². The number of carbonyl (C=O) groups excluding carboxylic acids is 1. The van der Waals surface area contributed by atoms with Crippen molar-refractivity contribution in [1.29, 1.82) is 0 Å². The van der Waals surface area contributed by atoms with E-state index in [1.54, 1.807) is 42.5 Å². The van der Waals surface area contributed by atoms with E-state index >= 15 is 0 Å². The second kappa shape index (κ2) is 8.17. The zero-order valence-corrected chi connectivity index (χ0v) is 15.2. The number of hydrogen-bond acceptors (Lipinski definition) is 4. The third-order valence-electron chi connectivity index (χ3n) is 3.96. The number of aryl methyl sites for hydroxylation is 1. The van der Waals surface area contributed by atoms with Crippen molar-refractivity contribution in [1.82, 2.24) is 15.1 Å². The summed E-state index contributed by atoms with van der Waals surface area (Å²) in [4.78, 5) is 22.7. The summed E-state index contributed by atoms with van der Waals surface area (Å²) in [5.74, 6) is -1.08.